The Balaban J connectivity index is 1.50. The summed E-state index contributed by atoms with van der Waals surface area (Å²) in [5, 5.41) is 5.04. The molecule has 1 aromatic heterocycles. The monoisotopic (exact) mass is 425 g/mol. The molecule has 4 rings (SSSR count). The van der Waals surface area contributed by atoms with Gasteiger partial charge >= 0.3 is 0 Å². The third-order valence-corrected chi connectivity index (χ3v) is 6.86. The van der Waals surface area contributed by atoms with Crippen molar-refractivity contribution in [2.75, 3.05) is 7.11 Å². The summed E-state index contributed by atoms with van der Waals surface area (Å²) in [6.45, 7) is 5.31. The van der Waals surface area contributed by atoms with Crippen molar-refractivity contribution in [2.24, 2.45) is 11.3 Å². The number of ether oxygens (including phenoxy) is 2. The Kier molecular flexibility index (Phi) is 5.85. The molecule has 0 spiro atoms. The van der Waals surface area contributed by atoms with Crippen LogP contribution in [0.25, 0.3) is 0 Å². The molecule has 1 heterocycles. The van der Waals surface area contributed by atoms with E-state index in [1.807, 2.05) is 48.2 Å². The molecule has 1 aliphatic carbocycles. The highest BCUT2D eigenvalue weighted by Gasteiger charge is 2.55. The van der Waals surface area contributed by atoms with Gasteiger partial charge < -0.3 is 9.47 Å². The first kappa shape index (κ1) is 20.9. The van der Waals surface area contributed by atoms with Gasteiger partial charge in [-0.05, 0) is 72.6 Å². The van der Waals surface area contributed by atoms with Crippen molar-refractivity contribution in [3.63, 3.8) is 0 Å². The Hall–Kier alpha value is -2.37. The summed E-state index contributed by atoms with van der Waals surface area (Å²) in [6, 6.07) is 15.7. The van der Waals surface area contributed by atoms with Gasteiger partial charge in [0.05, 0.1) is 12.1 Å². The first-order chi connectivity index (χ1) is 14.4. The highest BCUT2D eigenvalue weighted by molar-refractivity contribution is 6.30. The number of hydrogen-bond donors (Lipinski definition) is 0. The maximum Gasteiger partial charge on any atom is 0.137 e. The van der Waals surface area contributed by atoms with Crippen molar-refractivity contribution >= 4 is 11.6 Å². The Labute approximate surface area is 183 Å². The number of aromatic nitrogens is 3. The Morgan fingerprint density at radius 2 is 1.73 bits per heavy atom. The van der Waals surface area contributed by atoms with Crippen LogP contribution in [-0.4, -0.2) is 27.5 Å². The predicted molar refractivity (Wildman–Crippen MR) is 118 cm³/mol. The summed E-state index contributed by atoms with van der Waals surface area (Å²) < 4.78 is 14.1. The van der Waals surface area contributed by atoms with E-state index >= 15 is 0 Å². The van der Waals surface area contributed by atoms with E-state index in [-0.39, 0.29) is 11.0 Å². The summed E-state index contributed by atoms with van der Waals surface area (Å²) in [4.78, 5) is 4.11. The number of nitrogens with zero attached hydrogens (tertiary/aromatic N) is 3. The Morgan fingerprint density at radius 1 is 1.07 bits per heavy atom. The lowest BCUT2D eigenvalue weighted by atomic mass is 9.72. The van der Waals surface area contributed by atoms with Gasteiger partial charge in [-0.15, -0.1) is 0 Å². The fraction of sp³-hybridized carbons (Fsp3) is 0.417. The molecule has 0 N–H and O–H groups in total. The predicted octanol–water partition coefficient (Wildman–Crippen LogP) is 5.79. The van der Waals surface area contributed by atoms with Crippen molar-refractivity contribution in [3.05, 3.63) is 71.8 Å². The quantitative estimate of drug-likeness (QED) is 0.480. The van der Waals surface area contributed by atoms with Crippen molar-refractivity contribution in [1.29, 1.82) is 0 Å². The maximum absolute atomic E-state index is 6.26. The summed E-state index contributed by atoms with van der Waals surface area (Å²) >= 11 is 5.94. The third kappa shape index (κ3) is 4.09. The lowest BCUT2D eigenvalue weighted by Gasteiger charge is -2.44. The van der Waals surface area contributed by atoms with E-state index < -0.39 is 0 Å². The van der Waals surface area contributed by atoms with Crippen LogP contribution in [-0.2, 0) is 17.7 Å². The number of rotatable bonds is 7. The molecule has 2 aromatic carbocycles. The van der Waals surface area contributed by atoms with Crippen LogP contribution >= 0.6 is 11.6 Å². The fourth-order valence-corrected chi connectivity index (χ4v) is 4.95. The smallest absolute Gasteiger partial charge is 0.137 e. The molecule has 30 heavy (non-hydrogen) atoms. The molecule has 0 saturated heterocycles. The van der Waals surface area contributed by atoms with Gasteiger partial charge in [-0.1, -0.05) is 37.6 Å². The van der Waals surface area contributed by atoms with Gasteiger partial charge in [-0.3, -0.25) is 4.68 Å². The van der Waals surface area contributed by atoms with Crippen molar-refractivity contribution < 1.29 is 9.47 Å². The molecule has 3 aromatic rings. The van der Waals surface area contributed by atoms with Crippen molar-refractivity contribution in [2.45, 2.75) is 45.3 Å². The van der Waals surface area contributed by atoms with Gasteiger partial charge in [-0.2, -0.15) is 5.10 Å². The molecule has 2 unspecified atom stereocenters. The number of hydrogen-bond acceptors (Lipinski definition) is 4. The molecule has 6 heteroatoms. The van der Waals surface area contributed by atoms with Gasteiger partial charge in [-0.25, -0.2) is 4.98 Å². The van der Waals surface area contributed by atoms with E-state index in [4.69, 9.17) is 21.1 Å². The number of methoxy groups -OCH3 is 1. The van der Waals surface area contributed by atoms with Crippen LogP contribution in [0.1, 0.15) is 32.3 Å². The van der Waals surface area contributed by atoms with E-state index in [2.05, 4.69) is 36.1 Å². The van der Waals surface area contributed by atoms with E-state index in [1.165, 1.54) is 5.56 Å². The molecular formula is C24H28ClN3O2. The highest BCUT2D eigenvalue weighted by atomic mass is 35.5. The Bertz CT molecular complexity index is 955. The van der Waals surface area contributed by atoms with Crippen LogP contribution in [0.4, 0.5) is 0 Å². The molecule has 1 aliphatic rings. The third-order valence-electron chi connectivity index (χ3n) is 6.61. The first-order valence-corrected chi connectivity index (χ1v) is 10.7. The molecule has 2 atom stereocenters. The standard InChI is InChI=1S/C24H28ClN3O2/c1-23(2)13-12-19(24(23,29-3)15-28-17-26-16-27-28)14-18-4-8-21(9-5-18)30-22-10-6-20(25)7-11-22/h4-11,16-17,19H,12-15H2,1-3H3. The van der Waals surface area contributed by atoms with Gasteiger partial charge in [0.2, 0.25) is 0 Å². The molecule has 158 valence electrons. The van der Waals surface area contributed by atoms with Crippen LogP contribution < -0.4 is 4.74 Å². The number of benzene rings is 2. The normalized spacial score (nSPS) is 22.9. The minimum Gasteiger partial charge on any atom is -0.457 e. The molecule has 0 amide bonds. The summed E-state index contributed by atoms with van der Waals surface area (Å²) in [5.74, 6) is 1.98. The lowest BCUT2D eigenvalue weighted by molar-refractivity contribution is -0.121. The average molecular weight is 426 g/mol. The summed E-state index contributed by atoms with van der Waals surface area (Å²) in [6.07, 6.45) is 6.55. The lowest BCUT2D eigenvalue weighted by Crippen LogP contribution is -2.51. The minimum atomic E-state index is -0.292. The fourth-order valence-electron chi connectivity index (χ4n) is 4.82. The summed E-state index contributed by atoms with van der Waals surface area (Å²) in [7, 11) is 1.83. The Morgan fingerprint density at radius 3 is 2.33 bits per heavy atom. The van der Waals surface area contributed by atoms with E-state index in [0.717, 1.165) is 30.8 Å². The summed E-state index contributed by atoms with van der Waals surface area (Å²) in [5.41, 5.74) is 1.04. The van der Waals surface area contributed by atoms with Gasteiger partial charge in [0.1, 0.15) is 24.2 Å². The van der Waals surface area contributed by atoms with Crippen LogP contribution in [0.5, 0.6) is 11.5 Å². The van der Waals surface area contributed by atoms with E-state index in [0.29, 0.717) is 17.5 Å². The SMILES string of the molecule is COC1(Cn2cncn2)C(Cc2ccc(Oc3ccc(Cl)cc3)cc2)CCC1(C)C. The van der Waals surface area contributed by atoms with Crippen molar-refractivity contribution in [3.8, 4) is 11.5 Å². The first-order valence-electron chi connectivity index (χ1n) is 10.3. The topological polar surface area (TPSA) is 49.2 Å². The molecule has 0 radical (unpaired) electrons. The van der Waals surface area contributed by atoms with Crippen LogP contribution in [0, 0.1) is 11.3 Å². The second-order valence-electron chi connectivity index (χ2n) is 8.71. The minimum absolute atomic E-state index is 0.0516. The maximum atomic E-state index is 6.26. The van der Waals surface area contributed by atoms with Crippen LogP contribution in [0.2, 0.25) is 5.02 Å². The molecule has 0 aliphatic heterocycles. The average Bonchev–Trinajstić information content (AvgIpc) is 3.33. The zero-order valence-electron chi connectivity index (χ0n) is 17.7. The molecule has 0 bridgehead atoms. The molecule has 1 fully saturated rings. The van der Waals surface area contributed by atoms with Crippen molar-refractivity contribution in [1.82, 2.24) is 14.8 Å². The second kappa shape index (κ2) is 8.40. The van der Waals surface area contributed by atoms with Gasteiger partial charge in [0, 0.05) is 12.1 Å². The van der Waals surface area contributed by atoms with E-state index in [9.17, 15) is 0 Å². The molecule has 1 saturated carbocycles. The van der Waals surface area contributed by atoms with Gasteiger partial charge in [0.25, 0.3) is 0 Å². The van der Waals surface area contributed by atoms with Gasteiger partial charge in [0.15, 0.2) is 0 Å². The second-order valence-corrected chi connectivity index (χ2v) is 9.15. The van der Waals surface area contributed by atoms with Crippen LogP contribution in [0.15, 0.2) is 61.2 Å². The molecule has 5 nitrogen and oxygen atoms in total. The number of halogens is 1. The zero-order chi connectivity index (χ0) is 21.2. The largest absolute Gasteiger partial charge is 0.457 e. The molecular weight excluding hydrogens is 398 g/mol. The van der Waals surface area contributed by atoms with E-state index in [1.54, 1.807) is 12.7 Å². The zero-order valence-corrected chi connectivity index (χ0v) is 18.5. The van der Waals surface area contributed by atoms with Crippen LogP contribution in [0.3, 0.4) is 0 Å². The highest BCUT2D eigenvalue weighted by Crippen LogP contribution is 2.53.